The molecule has 156 valence electrons. The topological polar surface area (TPSA) is 18.8 Å². The van der Waals surface area contributed by atoms with Gasteiger partial charge in [-0.2, -0.15) is 0 Å². The number of unbranched alkanes of at least 4 members (excludes halogenated alkanes) is 6. The van der Waals surface area contributed by atoms with Gasteiger partial charge in [0.05, 0.1) is 13.1 Å². The minimum Gasteiger partial charge on any atom is -0.360 e. The zero-order valence-corrected chi connectivity index (χ0v) is 18.1. The molecule has 0 aliphatic carbocycles. The van der Waals surface area contributed by atoms with Crippen LogP contribution in [0.25, 0.3) is 0 Å². The lowest BCUT2D eigenvalue weighted by molar-refractivity contribution is 0.426. The number of hydrogen-bond donors (Lipinski definition) is 0. The molecule has 0 fully saturated rings. The maximum atomic E-state index is 4.86. The fourth-order valence-electron chi connectivity index (χ4n) is 4.03. The second kappa shape index (κ2) is 12.3. The molecular formula is C26H37N3. The molecule has 0 saturated heterocycles. The van der Waals surface area contributed by atoms with Crippen molar-refractivity contribution < 1.29 is 0 Å². The van der Waals surface area contributed by atoms with Crippen LogP contribution in [0.2, 0.25) is 0 Å². The summed E-state index contributed by atoms with van der Waals surface area (Å²) in [6, 6.07) is 21.5. The van der Waals surface area contributed by atoms with E-state index in [1.807, 2.05) is 0 Å². The summed E-state index contributed by atoms with van der Waals surface area (Å²) in [5.74, 6) is 1.26. The summed E-state index contributed by atoms with van der Waals surface area (Å²) in [6.07, 6.45) is 9.53. The average Bonchev–Trinajstić information content (AvgIpc) is 3.21. The molecule has 3 nitrogen and oxygen atoms in total. The molecule has 0 aromatic heterocycles. The second-order valence-electron chi connectivity index (χ2n) is 8.08. The third-order valence-corrected chi connectivity index (χ3v) is 5.73. The van der Waals surface area contributed by atoms with E-state index in [1.54, 1.807) is 0 Å². The maximum absolute atomic E-state index is 4.86. The number of aliphatic imine (C=N–C) groups is 1. The van der Waals surface area contributed by atoms with E-state index in [0.717, 1.165) is 32.7 Å². The van der Waals surface area contributed by atoms with Gasteiger partial charge >= 0.3 is 0 Å². The van der Waals surface area contributed by atoms with Gasteiger partial charge < -0.3 is 9.80 Å². The molecule has 1 aliphatic heterocycles. The number of benzene rings is 2. The summed E-state index contributed by atoms with van der Waals surface area (Å²) < 4.78 is 0. The molecule has 1 aliphatic rings. The number of amidine groups is 1. The minimum atomic E-state index is 0.884. The minimum absolute atomic E-state index is 0.884. The van der Waals surface area contributed by atoms with Crippen LogP contribution in [-0.2, 0) is 6.54 Å². The van der Waals surface area contributed by atoms with Gasteiger partial charge in [0.1, 0.15) is 5.84 Å². The van der Waals surface area contributed by atoms with Crippen LogP contribution in [0.3, 0.4) is 0 Å². The largest absolute Gasteiger partial charge is 0.360 e. The van der Waals surface area contributed by atoms with Gasteiger partial charge in [-0.25, -0.2) is 0 Å². The fourth-order valence-corrected chi connectivity index (χ4v) is 4.03. The van der Waals surface area contributed by atoms with E-state index in [4.69, 9.17) is 4.99 Å². The van der Waals surface area contributed by atoms with Crippen LogP contribution < -0.4 is 4.90 Å². The molecule has 1 heterocycles. The predicted molar refractivity (Wildman–Crippen MR) is 126 cm³/mol. The number of rotatable bonds is 13. The van der Waals surface area contributed by atoms with Crippen molar-refractivity contribution >= 4 is 11.5 Å². The van der Waals surface area contributed by atoms with Crippen LogP contribution >= 0.6 is 0 Å². The molecule has 3 heteroatoms. The highest BCUT2D eigenvalue weighted by atomic mass is 15.3. The first-order chi connectivity index (χ1) is 14.4. The van der Waals surface area contributed by atoms with E-state index in [9.17, 15) is 0 Å². The third kappa shape index (κ3) is 7.23. The molecule has 0 unspecified atom stereocenters. The van der Waals surface area contributed by atoms with Crippen LogP contribution in [0.15, 0.2) is 65.7 Å². The Kier molecular flexibility index (Phi) is 9.09. The van der Waals surface area contributed by atoms with Gasteiger partial charge in [0, 0.05) is 25.3 Å². The van der Waals surface area contributed by atoms with Gasteiger partial charge in [-0.1, -0.05) is 94.0 Å². The molecular weight excluding hydrogens is 354 g/mol. The maximum Gasteiger partial charge on any atom is 0.119 e. The van der Waals surface area contributed by atoms with Crippen molar-refractivity contribution in [3.05, 3.63) is 66.2 Å². The van der Waals surface area contributed by atoms with E-state index in [1.165, 1.54) is 62.0 Å². The first kappa shape index (κ1) is 21.4. The molecule has 0 atom stereocenters. The van der Waals surface area contributed by atoms with Gasteiger partial charge in [0.2, 0.25) is 0 Å². The molecule has 0 bridgehead atoms. The summed E-state index contributed by atoms with van der Waals surface area (Å²) in [6.45, 7) is 7.26. The predicted octanol–water partition coefficient (Wildman–Crippen LogP) is 6.16. The highest BCUT2D eigenvalue weighted by Crippen LogP contribution is 2.18. The summed E-state index contributed by atoms with van der Waals surface area (Å²) in [5.41, 5.74) is 2.61. The highest BCUT2D eigenvalue weighted by molar-refractivity contribution is 5.88. The molecule has 0 saturated carbocycles. The molecule has 0 spiro atoms. The summed E-state index contributed by atoms with van der Waals surface area (Å²) in [4.78, 5) is 9.84. The number of hydrogen-bond acceptors (Lipinski definition) is 3. The van der Waals surface area contributed by atoms with Gasteiger partial charge in [-0.15, -0.1) is 0 Å². The normalized spacial score (nSPS) is 13.6. The van der Waals surface area contributed by atoms with Crippen LogP contribution in [0.1, 0.15) is 57.4 Å². The van der Waals surface area contributed by atoms with Crippen molar-refractivity contribution in [2.24, 2.45) is 4.99 Å². The smallest absolute Gasteiger partial charge is 0.119 e. The Hall–Kier alpha value is -2.29. The van der Waals surface area contributed by atoms with Crippen molar-refractivity contribution in [3.8, 4) is 0 Å². The Morgan fingerprint density at radius 1 is 0.793 bits per heavy atom. The third-order valence-electron chi connectivity index (χ3n) is 5.73. The van der Waals surface area contributed by atoms with Gasteiger partial charge in [-0.3, -0.25) is 4.99 Å². The summed E-state index contributed by atoms with van der Waals surface area (Å²) in [7, 11) is 0. The Bertz CT molecular complexity index is 711. The Labute approximate surface area is 177 Å². The van der Waals surface area contributed by atoms with E-state index in [-0.39, 0.29) is 0 Å². The van der Waals surface area contributed by atoms with Crippen molar-refractivity contribution in [1.82, 2.24) is 4.90 Å². The molecule has 2 aromatic rings. The molecule has 0 amide bonds. The first-order valence-electron chi connectivity index (χ1n) is 11.5. The zero-order chi connectivity index (χ0) is 20.2. The van der Waals surface area contributed by atoms with E-state index in [0.29, 0.717) is 0 Å². The van der Waals surface area contributed by atoms with Crippen molar-refractivity contribution in [3.63, 3.8) is 0 Å². The molecule has 2 aromatic carbocycles. The number of para-hydroxylation sites is 1. The lowest BCUT2D eigenvalue weighted by Crippen LogP contribution is -2.38. The lowest BCUT2D eigenvalue weighted by atomic mass is 10.1. The molecule has 0 N–H and O–H groups in total. The SMILES string of the molecule is CCCCCCCCCN1CCN=C1CN(Cc1ccccc1)c1ccccc1. The average molecular weight is 392 g/mol. The second-order valence-corrected chi connectivity index (χ2v) is 8.08. The summed E-state index contributed by atoms with van der Waals surface area (Å²) in [5, 5.41) is 0. The highest BCUT2D eigenvalue weighted by Gasteiger charge is 2.19. The van der Waals surface area contributed by atoms with E-state index >= 15 is 0 Å². The van der Waals surface area contributed by atoms with Gasteiger partial charge in [0.15, 0.2) is 0 Å². The van der Waals surface area contributed by atoms with Crippen molar-refractivity contribution in [2.45, 2.75) is 58.4 Å². The van der Waals surface area contributed by atoms with Gasteiger partial charge in [0.25, 0.3) is 0 Å². The van der Waals surface area contributed by atoms with Crippen molar-refractivity contribution in [2.75, 3.05) is 31.1 Å². The first-order valence-corrected chi connectivity index (χ1v) is 11.5. The number of nitrogens with zero attached hydrogens (tertiary/aromatic N) is 3. The number of anilines is 1. The Morgan fingerprint density at radius 3 is 2.17 bits per heavy atom. The van der Waals surface area contributed by atoms with Crippen LogP contribution in [0.5, 0.6) is 0 Å². The lowest BCUT2D eigenvalue weighted by Gasteiger charge is -2.29. The quantitative estimate of drug-likeness (QED) is 0.381. The molecule has 29 heavy (non-hydrogen) atoms. The van der Waals surface area contributed by atoms with Crippen LogP contribution in [-0.4, -0.2) is 36.9 Å². The van der Waals surface area contributed by atoms with E-state index < -0.39 is 0 Å². The van der Waals surface area contributed by atoms with Crippen molar-refractivity contribution in [1.29, 1.82) is 0 Å². The van der Waals surface area contributed by atoms with Crippen LogP contribution in [0.4, 0.5) is 5.69 Å². The standard InChI is InChI=1S/C26H37N3/c1-2-3-4-5-6-7-14-20-28-21-19-27-26(28)23-29(25-17-12-9-13-18-25)22-24-15-10-8-11-16-24/h8-13,15-18H,2-7,14,19-23H2,1H3. The Balaban J connectivity index is 1.54. The van der Waals surface area contributed by atoms with Gasteiger partial charge in [-0.05, 0) is 24.1 Å². The Morgan fingerprint density at radius 2 is 1.45 bits per heavy atom. The monoisotopic (exact) mass is 391 g/mol. The zero-order valence-electron chi connectivity index (χ0n) is 18.1. The molecule has 0 radical (unpaired) electrons. The summed E-state index contributed by atoms with van der Waals surface area (Å²) >= 11 is 0. The molecule has 3 rings (SSSR count). The van der Waals surface area contributed by atoms with E-state index in [2.05, 4.69) is 77.4 Å². The fraction of sp³-hybridized carbons (Fsp3) is 0.500. The van der Waals surface area contributed by atoms with Crippen LogP contribution in [0, 0.1) is 0 Å².